The van der Waals surface area contributed by atoms with Gasteiger partial charge in [-0.2, -0.15) is 0 Å². The Hall–Kier alpha value is -2.63. The highest BCUT2D eigenvalue weighted by molar-refractivity contribution is 7.17. The molecular weight excluding hydrogens is 420 g/mol. The van der Waals surface area contributed by atoms with E-state index in [0.29, 0.717) is 9.90 Å². The Labute approximate surface area is 185 Å². The van der Waals surface area contributed by atoms with Crippen molar-refractivity contribution in [2.24, 2.45) is 0 Å². The van der Waals surface area contributed by atoms with Crippen LogP contribution in [-0.4, -0.2) is 25.0 Å². The fourth-order valence-corrected chi connectivity index (χ4v) is 4.27. The summed E-state index contributed by atoms with van der Waals surface area (Å²) in [5.74, 6) is 0.439. The van der Waals surface area contributed by atoms with Gasteiger partial charge in [0, 0.05) is 16.3 Å². The number of Topliss-reactive ketones (excluding diaryl/α,β-unsaturated/α-hetero) is 1. The van der Waals surface area contributed by atoms with Gasteiger partial charge in [0.05, 0.1) is 24.5 Å². The largest absolute Gasteiger partial charge is 0.497 e. The van der Waals surface area contributed by atoms with Gasteiger partial charge < -0.3 is 9.47 Å². The van der Waals surface area contributed by atoms with Crippen molar-refractivity contribution in [3.63, 3.8) is 0 Å². The summed E-state index contributed by atoms with van der Waals surface area (Å²) in [7, 11) is 1.61. The molecule has 0 radical (unpaired) electrons. The number of carbonyl (C=O) groups is 2. The summed E-state index contributed by atoms with van der Waals surface area (Å²) in [6, 6.07) is 16.6. The second kappa shape index (κ2) is 9.92. The molecule has 0 saturated heterocycles. The summed E-state index contributed by atoms with van der Waals surface area (Å²) in [4.78, 5) is 26.7. The van der Waals surface area contributed by atoms with E-state index in [0.717, 1.165) is 27.3 Å². The maximum atomic E-state index is 12.9. The van der Waals surface area contributed by atoms with Crippen molar-refractivity contribution in [3.05, 3.63) is 75.6 Å². The number of hydrogen-bond acceptors (Lipinski definition) is 5. The number of hydrogen-bond donors (Lipinski definition) is 0. The van der Waals surface area contributed by atoms with Crippen LogP contribution >= 0.6 is 22.9 Å². The van der Waals surface area contributed by atoms with Crippen LogP contribution in [0.15, 0.2) is 54.6 Å². The van der Waals surface area contributed by atoms with E-state index in [1.165, 1.54) is 11.3 Å². The van der Waals surface area contributed by atoms with E-state index in [2.05, 4.69) is 0 Å². The molecule has 3 aromatic rings. The lowest BCUT2D eigenvalue weighted by Crippen LogP contribution is -2.13. The quantitative estimate of drug-likeness (QED) is 0.317. The van der Waals surface area contributed by atoms with Crippen LogP contribution in [0.5, 0.6) is 5.75 Å². The average molecular weight is 443 g/mol. The number of ketones is 1. The van der Waals surface area contributed by atoms with Crippen LogP contribution in [-0.2, 0) is 22.4 Å². The lowest BCUT2D eigenvalue weighted by atomic mass is 10.0. The highest BCUT2D eigenvalue weighted by Crippen LogP contribution is 2.35. The summed E-state index contributed by atoms with van der Waals surface area (Å²) in [6.07, 6.45) is 0.203. The summed E-state index contributed by atoms with van der Waals surface area (Å²) >= 11 is 7.40. The van der Waals surface area contributed by atoms with Gasteiger partial charge in [0.15, 0.2) is 5.78 Å². The maximum Gasteiger partial charge on any atom is 0.310 e. The van der Waals surface area contributed by atoms with E-state index in [1.54, 1.807) is 19.2 Å². The minimum atomic E-state index is -0.313. The zero-order valence-electron chi connectivity index (χ0n) is 17.1. The van der Waals surface area contributed by atoms with Gasteiger partial charge in [0.25, 0.3) is 0 Å². The SMILES string of the molecule is COc1ccc(CC(=O)c2cc(CC(=O)OC(C)C)c(-c3ccc(Cl)cc3)s2)cc1. The van der Waals surface area contributed by atoms with Crippen molar-refractivity contribution in [2.75, 3.05) is 7.11 Å². The Morgan fingerprint density at radius 2 is 1.67 bits per heavy atom. The Balaban J connectivity index is 1.88. The molecule has 0 aliphatic carbocycles. The topological polar surface area (TPSA) is 52.6 Å². The normalized spacial score (nSPS) is 10.8. The molecule has 0 spiro atoms. The van der Waals surface area contributed by atoms with Crippen molar-refractivity contribution in [1.82, 2.24) is 0 Å². The Kier molecular flexibility index (Phi) is 7.29. The molecule has 156 valence electrons. The molecule has 30 heavy (non-hydrogen) atoms. The molecule has 2 aromatic carbocycles. The molecule has 0 atom stereocenters. The fraction of sp³-hybridized carbons (Fsp3) is 0.250. The zero-order valence-corrected chi connectivity index (χ0v) is 18.7. The first kappa shape index (κ1) is 22.1. The van der Waals surface area contributed by atoms with Crippen molar-refractivity contribution in [3.8, 4) is 16.2 Å². The molecule has 0 aliphatic heterocycles. The number of halogens is 1. The molecule has 0 amide bonds. The molecule has 3 rings (SSSR count). The smallest absolute Gasteiger partial charge is 0.310 e. The summed E-state index contributed by atoms with van der Waals surface area (Å²) in [5, 5.41) is 0.631. The number of esters is 1. The van der Waals surface area contributed by atoms with Gasteiger partial charge in [-0.05, 0) is 60.9 Å². The highest BCUT2D eigenvalue weighted by Gasteiger charge is 2.19. The van der Waals surface area contributed by atoms with Crippen LogP contribution in [0.2, 0.25) is 5.02 Å². The summed E-state index contributed by atoms with van der Waals surface area (Å²) in [6.45, 7) is 3.63. The standard InChI is InChI=1S/C24H23ClO4S/c1-15(2)29-23(27)14-18-13-22(30-24(18)17-6-8-19(25)9-7-17)21(26)12-16-4-10-20(28-3)11-5-16/h4-11,13,15H,12,14H2,1-3H3. The second-order valence-electron chi connectivity index (χ2n) is 7.14. The van der Waals surface area contributed by atoms with E-state index in [4.69, 9.17) is 21.1 Å². The zero-order chi connectivity index (χ0) is 21.7. The molecule has 1 aromatic heterocycles. The van der Waals surface area contributed by atoms with Crippen LogP contribution in [0, 0.1) is 0 Å². The molecule has 0 unspecified atom stereocenters. The highest BCUT2D eigenvalue weighted by atomic mass is 35.5. The fourth-order valence-electron chi connectivity index (χ4n) is 3.02. The molecule has 0 fully saturated rings. The van der Waals surface area contributed by atoms with Gasteiger partial charge in [-0.25, -0.2) is 0 Å². The van der Waals surface area contributed by atoms with Crippen LogP contribution in [0.3, 0.4) is 0 Å². The van der Waals surface area contributed by atoms with Gasteiger partial charge in [-0.1, -0.05) is 35.9 Å². The number of carbonyl (C=O) groups excluding carboxylic acids is 2. The van der Waals surface area contributed by atoms with E-state index in [9.17, 15) is 9.59 Å². The third kappa shape index (κ3) is 5.71. The van der Waals surface area contributed by atoms with Crippen molar-refractivity contribution < 1.29 is 19.1 Å². The third-order valence-electron chi connectivity index (χ3n) is 4.42. The maximum absolute atomic E-state index is 12.9. The Morgan fingerprint density at radius 1 is 1.00 bits per heavy atom. The van der Waals surface area contributed by atoms with Crippen LogP contribution in [0.25, 0.3) is 10.4 Å². The molecule has 0 bridgehead atoms. The molecule has 6 heteroatoms. The second-order valence-corrected chi connectivity index (χ2v) is 8.62. The number of ether oxygens (including phenoxy) is 2. The van der Waals surface area contributed by atoms with Crippen LogP contribution < -0.4 is 4.74 Å². The van der Waals surface area contributed by atoms with Crippen molar-refractivity contribution >= 4 is 34.7 Å². The number of benzene rings is 2. The lowest BCUT2D eigenvalue weighted by Gasteiger charge is -2.08. The summed E-state index contributed by atoms with van der Waals surface area (Å²) in [5.41, 5.74) is 2.61. The molecular formula is C24H23ClO4S. The van der Waals surface area contributed by atoms with Crippen molar-refractivity contribution in [2.45, 2.75) is 32.8 Å². The summed E-state index contributed by atoms with van der Waals surface area (Å²) < 4.78 is 10.5. The van der Waals surface area contributed by atoms with Gasteiger partial charge in [-0.15, -0.1) is 11.3 Å². The molecule has 0 saturated carbocycles. The van der Waals surface area contributed by atoms with Gasteiger partial charge in [0.1, 0.15) is 5.75 Å². The number of thiophene rings is 1. The molecule has 0 aliphatic rings. The first-order chi connectivity index (χ1) is 14.4. The first-order valence-electron chi connectivity index (χ1n) is 9.60. The Morgan fingerprint density at radius 3 is 2.27 bits per heavy atom. The molecule has 1 heterocycles. The number of methoxy groups -OCH3 is 1. The van der Waals surface area contributed by atoms with E-state index in [1.807, 2.05) is 56.3 Å². The average Bonchev–Trinajstić information content (AvgIpc) is 3.12. The van der Waals surface area contributed by atoms with Crippen molar-refractivity contribution in [1.29, 1.82) is 0 Å². The van der Waals surface area contributed by atoms with E-state index in [-0.39, 0.29) is 30.7 Å². The third-order valence-corrected chi connectivity index (χ3v) is 5.94. The van der Waals surface area contributed by atoms with Gasteiger partial charge in [0.2, 0.25) is 0 Å². The molecule has 4 nitrogen and oxygen atoms in total. The van der Waals surface area contributed by atoms with Gasteiger partial charge in [-0.3, -0.25) is 9.59 Å². The predicted molar refractivity (Wildman–Crippen MR) is 121 cm³/mol. The molecule has 0 N–H and O–H groups in total. The van der Waals surface area contributed by atoms with E-state index >= 15 is 0 Å². The van der Waals surface area contributed by atoms with Gasteiger partial charge >= 0.3 is 5.97 Å². The Bertz CT molecular complexity index is 1020. The van der Waals surface area contributed by atoms with E-state index < -0.39 is 0 Å². The minimum Gasteiger partial charge on any atom is -0.497 e. The predicted octanol–water partition coefficient (Wildman–Crippen LogP) is 6.00. The van der Waals surface area contributed by atoms with Crippen LogP contribution in [0.4, 0.5) is 0 Å². The lowest BCUT2D eigenvalue weighted by molar-refractivity contribution is -0.146. The first-order valence-corrected chi connectivity index (χ1v) is 10.8. The van der Waals surface area contributed by atoms with Crippen LogP contribution in [0.1, 0.15) is 34.6 Å². The number of rotatable bonds is 8. The minimum absolute atomic E-state index is 0.00357. The monoisotopic (exact) mass is 442 g/mol.